The van der Waals surface area contributed by atoms with Crippen molar-refractivity contribution in [3.05, 3.63) is 27.7 Å². The second-order valence-corrected chi connectivity index (χ2v) is 4.26. The molecule has 1 aromatic carbocycles. The predicted molar refractivity (Wildman–Crippen MR) is 66.4 cm³/mol. The number of phenols is 1. The Labute approximate surface area is 108 Å². The van der Waals surface area contributed by atoms with Gasteiger partial charge in [-0.1, -0.05) is 22.9 Å². The Morgan fingerprint density at radius 1 is 1.29 bits per heavy atom. The van der Waals surface area contributed by atoms with Gasteiger partial charge in [0.15, 0.2) is 5.78 Å². The standard InChI is InChI=1S/C12H13BrO4/c1-3-10(14)8-5-7(13)6-9(11(8)15)12(16)17-4-2/h5-6,15H,3-4H2,1-2H3. The molecule has 0 spiro atoms. The molecule has 0 fully saturated rings. The minimum absolute atomic E-state index is 0.00183. The van der Waals surface area contributed by atoms with Crippen molar-refractivity contribution in [2.24, 2.45) is 0 Å². The summed E-state index contributed by atoms with van der Waals surface area (Å²) in [5.74, 6) is -1.19. The summed E-state index contributed by atoms with van der Waals surface area (Å²) < 4.78 is 5.35. The zero-order chi connectivity index (χ0) is 13.0. The van der Waals surface area contributed by atoms with Gasteiger partial charge < -0.3 is 9.84 Å². The van der Waals surface area contributed by atoms with Crippen molar-refractivity contribution in [3.8, 4) is 5.75 Å². The lowest BCUT2D eigenvalue weighted by Crippen LogP contribution is -2.08. The van der Waals surface area contributed by atoms with E-state index in [2.05, 4.69) is 15.9 Å². The van der Waals surface area contributed by atoms with Crippen molar-refractivity contribution < 1.29 is 19.4 Å². The van der Waals surface area contributed by atoms with Crippen LogP contribution < -0.4 is 0 Å². The van der Waals surface area contributed by atoms with E-state index in [9.17, 15) is 14.7 Å². The van der Waals surface area contributed by atoms with Crippen molar-refractivity contribution in [2.45, 2.75) is 20.3 Å². The van der Waals surface area contributed by atoms with Crippen molar-refractivity contribution in [1.29, 1.82) is 0 Å². The summed E-state index contributed by atoms with van der Waals surface area (Å²) in [4.78, 5) is 23.2. The van der Waals surface area contributed by atoms with Crippen molar-refractivity contribution >= 4 is 27.7 Å². The van der Waals surface area contributed by atoms with Crippen LogP contribution in [0.2, 0.25) is 0 Å². The largest absolute Gasteiger partial charge is 0.506 e. The van der Waals surface area contributed by atoms with Gasteiger partial charge in [-0.15, -0.1) is 0 Å². The van der Waals surface area contributed by atoms with Gasteiger partial charge in [-0.25, -0.2) is 4.79 Å². The molecule has 0 aliphatic carbocycles. The number of ketones is 1. The molecule has 0 aromatic heterocycles. The SMILES string of the molecule is CCOC(=O)c1cc(Br)cc(C(=O)CC)c1O. The van der Waals surface area contributed by atoms with Crippen LogP contribution in [0, 0.1) is 0 Å². The summed E-state index contributed by atoms with van der Waals surface area (Å²) in [5, 5.41) is 9.87. The maximum atomic E-state index is 11.6. The number of ether oxygens (including phenoxy) is 1. The average molecular weight is 301 g/mol. The molecule has 0 saturated carbocycles. The minimum atomic E-state index is -0.642. The van der Waals surface area contributed by atoms with E-state index in [1.54, 1.807) is 13.8 Å². The van der Waals surface area contributed by atoms with Gasteiger partial charge in [0.25, 0.3) is 0 Å². The maximum Gasteiger partial charge on any atom is 0.341 e. The average Bonchev–Trinajstić information content (AvgIpc) is 2.30. The lowest BCUT2D eigenvalue weighted by atomic mass is 10.0. The van der Waals surface area contributed by atoms with Crippen LogP contribution in [-0.2, 0) is 4.74 Å². The monoisotopic (exact) mass is 300 g/mol. The van der Waals surface area contributed by atoms with E-state index in [-0.39, 0.29) is 35.7 Å². The van der Waals surface area contributed by atoms with Crippen LogP contribution >= 0.6 is 15.9 Å². The molecule has 1 aromatic rings. The fraction of sp³-hybridized carbons (Fsp3) is 0.333. The number of carbonyl (C=O) groups excluding carboxylic acids is 2. The van der Waals surface area contributed by atoms with E-state index < -0.39 is 5.97 Å². The second kappa shape index (κ2) is 5.82. The molecule has 4 nitrogen and oxygen atoms in total. The summed E-state index contributed by atoms with van der Waals surface area (Å²) in [6.07, 6.45) is 0.256. The Morgan fingerprint density at radius 2 is 1.88 bits per heavy atom. The van der Waals surface area contributed by atoms with Crippen LogP contribution in [0.1, 0.15) is 41.0 Å². The smallest absolute Gasteiger partial charge is 0.341 e. The highest BCUT2D eigenvalue weighted by atomic mass is 79.9. The lowest BCUT2D eigenvalue weighted by molar-refractivity contribution is 0.0523. The minimum Gasteiger partial charge on any atom is -0.506 e. The summed E-state index contributed by atoms with van der Waals surface area (Å²) in [7, 11) is 0. The van der Waals surface area contributed by atoms with Gasteiger partial charge in [0.05, 0.1) is 12.2 Å². The number of benzene rings is 1. The quantitative estimate of drug-likeness (QED) is 0.686. The number of Topliss-reactive ketones (excluding diaryl/α,β-unsaturated/α-hetero) is 1. The van der Waals surface area contributed by atoms with Crippen LogP contribution in [0.3, 0.4) is 0 Å². The normalized spacial score (nSPS) is 10.1. The molecule has 0 unspecified atom stereocenters. The van der Waals surface area contributed by atoms with Gasteiger partial charge in [-0.3, -0.25) is 4.79 Å². The van der Waals surface area contributed by atoms with Crippen LogP contribution in [-0.4, -0.2) is 23.5 Å². The second-order valence-electron chi connectivity index (χ2n) is 3.35. The lowest BCUT2D eigenvalue weighted by Gasteiger charge is -2.09. The fourth-order valence-corrected chi connectivity index (χ4v) is 1.82. The molecule has 1 N–H and O–H groups in total. The first-order valence-corrected chi connectivity index (χ1v) is 6.03. The van der Waals surface area contributed by atoms with Crippen LogP contribution in [0.25, 0.3) is 0 Å². The Hall–Kier alpha value is -1.36. The molecule has 0 aliphatic rings. The highest BCUT2D eigenvalue weighted by molar-refractivity contribution is 9.10. The zero-order valence-corrected chi connectivity index (χ0v) is 11.2. The maximum absolute atomic E-state index is 11.6. The summed E-state index contributed by atoms with van der Waals surface area (Å²) in [5.41, 5.74) is 0.128. The number of phenolic OH excluding ortho intramolecular Hbond substituents is 1. The molecule has 0 radical (unpaired) electrons. The first-order chi connectivity index (χ1) is 8.01. The molecule has 0 bridgehead atoms. The van der Waals surface area contributed by atoms with E-state index >= 15 is 0 Å². The molecule has 0 heterocycles. The van der Waals surface area contributed by atoms with Crippen LogP contribution in [0.4, 0.5) is 0 Å². The van der Waals surface area contributed by atoms with Crippen LogP contribution in [0.5, 0.6) is 5.75 Å². The van der Waals surface area contributed by atoms with E-state index in [0.29, 0.717) is 4.47 Å². The van der Waals surface area contributed by atoms with E-state index in [1.807, 2.05) is 0 Å². The van der Waals surface area contributed by atoms with Gasteiger partial charge >= 0.3 is 5.97 Å². The molecule has 5 heteroatoms. The number of hydrogen-bond acceptors (Lipinski definition) is 4. The van der Waals surface area contributed by atoms with E-state index in [4.69, 9.17) is 4.74 Å². The van der Waals surface area contributed by atoms with Crippen molar-refractivity contribution in [2.75, 3.05) is 6.61 Å². The Kier molecular flexibility index (Phi) is 4.69. The van der Waals surface area contributed by atoms with Crippen molar-refractivity contribution in [3.63, 3.8) is 0 Å². The van der Waals surface area contributed by atoms with E-state index in [0.717, 1.165) is 0 Å². The molecule has 0 amide bonds. The molecule has 92 valence electrons. The van der Waals surface area contributed by atoms with Gasteiger partial charge in [-0.05, 0) is 19.1 Å². The predicted octanol–water partition coefficient (Wildman–Crippen LogP) is 2.92. The third-order valence-electron chi connectivity index (χ3n) is 2.19. The van der Waals surface area contributed by atoms with Gasteiger partial charge in [0.1, 0.15) is 11.3 Å². The number of aromatic hydroxyl groups is 1. The summed E-state index contributed by atoms with van der Waals surface area (Å²) >= 11 is 3.19. The number of halogens is 1. The van der Waals surface area contributed by atoms with Gasteiger partial charge in [-0.2, -0.15) is 0 Å². The third-order valence-corrected chi connectivity index (χ3v) is 2.65. The Bertz CT molecular complexity index is 454. The van der Waals surface area contributed by atoms with Crippen molar-refractivity contribution in [1.82, 2.24) is 0 Å². The highest BCUT2D eigenvalue weighted by Crippen LogP contribution is 2.29. The topological polar surface area (TPSA) is 63.6 Å². The zero-order valence-electron chi connectivity index (χ0n) is 9.62. The number of rotatable bonds is 4. The van der Waals surface area contributed by atoms with Gasteiger partial charge in [0.2, 0.25) is 0 Å². The fourth-order valence-electron chi connectivity index (χ4n) is 1.37. The Balaban J connectivity index is 3.28. The van der Waals surface area contributed by atoms with Gasteiger partial charge in [0, 0.05) is 10.9 Å². The molecule has 1 rings (SSSR count). The molecular formula is C12H13BrO4. The molecule has 0 atom stereocenters. The van der Waals surface area contributed by atoms with E-state index in [1.165, 1.54) is 12.1 Å². The first kappa shape index (κ1) is 13.7. The molecule has 0 aliphatic heterocycles. The highest BCUT2D eigenvalue weighted by Gasteiger charge is 2.19. The summed E-state index contributed by atoms with van der Waals surface area (Å²) in [6.45, 7) is 3.57. The summed E-state index contributed by atoms with van der Waals surface area (Å²) in [6, 6.07) is 2.92. The first-order valence-electron chi connectivity index (χ1n) is 5.24. The molecule has 17 heavy (non-hydrogen) atoms. The molecular weight excluding hydrogens is 288 g/mol. The third kappa shape index (κ3) is 3.06. The molecule has 0 saturated heterocycles. The number of esters is 1. The number of hydrogen-bond donors (Lipinski definition) is 1. The Morgan fingerprint density at radius 3 is 2.41 bits per heavy atom. The number of carbonyl (C=O) groups is 2. The van der Waals surface area contributed by atoms with Crippen LogP contribution in [0.15, 0.2) is 16.6 Å².